The van der Waals surface area contributed by atoms with Crippen molar-refractivity contribution in [3.8, 4) is 0 Å². The van der Waals surface area contributed by atoms with E-state index in [4.69, 9.17) is 9.84 Å². The van der Waals surface area contributed by atoms with E-state index in [1.54, 1.807) is 0 Å². The summed E-state index contributed by atoms with van der Waals surface area (Å²) in [4.78, 5) is 12.1. The van der Waals surface area contributed by atoms with Crippen molar-refractivity contribution in [3.05, 3.63) is 0 Å². The van der Waals surface area contributed by atoms with Gasteiger partial charge in [0.25, 0.3) is 0 Å². The molecule has 0 rings (SSSR count). The molecular weight excluding hydrogens is 438 g/mol. The molecule has 210 valence electrons. The van der Waals surface area contributed by atoms with E-state index in [1.807, 2.05) is 0 Å². The van der Waals surface area contributed by atoms with E-state index in [0.717, 1.165) is 37.5 Å². The highest BCUT2D eigenvalue weighted by Crippen LogP contribution is 2.17. The smallest absolute Gasteiger partial charge is 0.407 e. The Bertz CT molecular complexity index is 456. The largest absolute Gasteiger partial charge is 0.447 e. The number of aliphatic hydroxyl groups is 2. The predicted molar refractivity (Wildman–Crippen MR) is 149 cm³/mol. The lowest BCUT2D eigenvalue weighted by molar-refractivity contribution is 0.0310. The highest BCUT2D eigenvalue weighted by molar-refractivity contribution is 5.67. The van der Waals surface area contributed by atoms with E-state index in [-0.39, 0.29) is 12.6 Å². The first-order valence-corrected chi connectivity index (χ1v) is 15.1. The molecule has 1 amide bonds. The Kier molecular flexibility index (Phi) is 24.3. The number of aliphatic hydroxyl groups excluding tert-OH is 2. The molecule has 0 aliphatic heterocycles. The molecule has 0 aromatic heterocycles. The summed E-state index contributed by atoms with van der Waals surface area (Å²) in [5.74, 6) is 1.64. The molecule has 0 fully saturated rings. The Labute approximate surface area is 218 Å². The molecule has 35 heavy (non-hydrogen) atoms. The van der Waals surface area contributed by atoms with Gasteiger partial charge >= 0.3 is 6.09 Å². The lowest BCUT2D eigenvalue weighted by atomic mass is 9.99. The van der Waals surface area contributed by atoms with Gasteiger partial charge in [-0.15, -0.1) is 0 Å². The number of carbonyl (C=O) groups is 1. The van der Waals surface area contributed by atoms with E-state index in [0.29, 0.717) is 0 Å². The summed E-state index contributed by atoms with van der Waals surface area (Å²) < 4.78 is 5.07. The summed E-state index contributed by atoms with van der Waals surface area (Å²) >= 11 is 0. The maximum absolute atomic E-state index is 12.1. The summed E-state index contributed by atoms with van der Waals surface area (Å²) in [5.41, 5.74) is 0. The van der Waals surface area contributed by atoms with Gasteiger partial charge < -0.3 is 20.3 Å². The van der Waals surface area contributed by atoms with Gasteiger partial charge in [-0.25, -0.2) is 4.79 Å². The lowest BCUT2D eigenvalue weighted by Crippen LogP contribution is -2.37. The molecule has 2 unspecified atom stereocenters. The van der Waals surface area contributed by atoms with Crippen molar-refractivity contribution < 1.29 is 19.7 Å². The summed E-state index contributed by atoms with van der Waals surface area (Å²) in [6.07, 6.45) is 22.6. The maximum Gasteiger partial charge on any atom is 0.407 e. The first-order chi connectivity index (χ1) is 16.8. The second-order valence-electron chi connectivity index (χ2n) is 11.5. The van der Waals surface area contributed by atoms with Crippen LogP contribution in [0.4, 0.5) is 4.79 Å². The van der Waals surface area contributed by atoms with Gasteiger partial charge in [0.15, 0.2) is 0 Å². The summed E-state index contributed by atoms with van der Waals surface area (Å²) in [5, 5.41) is 21.3. The predicted octanol–water partition coefficient (Wildman–Crippen LogP) is 8.16. The number of hydrogen-bond acceptors (Lipinski definition) is 4. The Hall–Kier alpha value is -0.810. The van der Waals surface area contributed by atoms with Gasteiger partial charge in [0.05, 0.1) is 6.61 Å². The van der Waals surface area contributed by atoms with Gasteiger partial charge in [0.1, 0.15) is 12.7 Å². The topological polar surface area (TPSA) is 78.8 Å². The van der Waals surface area contributed by atoms with Crippen molar-refractivity contribution in [1.29, 1.82) is 0 Å². The number of rotatable bonds is 25. The van der Waals surface area contributed by atoms with Crippen molar-refractivity contribution in [2.24, 2.45) is 11.8 Å². The Balaban J connectivity index is 4.03. The van der Waals surface area contributed by atoms with Gasteiger partial charge in [-0.2, -0.15) is 0 Å². The second kappa shape index (κ2) is 24.9. The van der Waals surface area contributed by atoms with Crippen LogP contribution in [-0.4, -0.2) is 41.7 Å². The van der Waals surface area contributed by atoms with Crippen LogP contribution in [0, 0.1) is 11.8 Å². The van der Waals surface area contributed by atoms with Gasteiger partial charge in [-0.05, 0) is 24.7 Å². The van der Waals surface area contributed by atoms with E-state index < -0.39 is 18.8 Å². The van der Waals surface area contributed by atoms with E-state index in [1.165, 1.54) is 96.3 Å². The summed E-state index contributed by atoms with van der Waals surface area (Å²) in [6, 6.07) is 0.135. The van der Waals surface area contributed by atoms with Crippen molar-refractivity contribution in [2.75, 3.05) is 13.2 Å². The molecule has 0 aliphatic carbocycles. The number of amides is 1. The normalized spacial score (nSPS) is 13.4. The average Bonchev–Trinajstić information content (AvgIpc) is 2.81. The van der Waals surface area contributed by atoms with Crippen LogP contribution in [0.25, 0.3) is 0 Å². The molecule has 5 nitrogen and oxygen atoms in total. The highest BCUT2D eigenvalue weighted by atomic mass is 16.6. The van der Waals surface area contributed by atoms with Crippen molar-refractivity contribution >= 4 is 6.09 Å². The van der Waals surface area contributed by atoms with Gasteiger partial charge in [0, 0.05) is 6.04 Å². The fourth-order valence-electron chi connectivity index (χ4n) is 4.55. The standard InChI is InChI=1S/C30H61NO4/c1-26(2)20-16-12-8-5-6-10-14-18-22-28(31-30(34)35-25-29(33)24-32)23-19-15-11-7-9-13-17-21-27(3)4/h26-29,32-33H,5-25H2,1-4H3,(H,31,34). The zero-order chi connectivity index (χ0) is 26.2. The van der Waals surface area contributed by atoms with Crippen molar-refractivity contribution in [3.63, 3.8) is 0 Å². The van der Waals surface area contributed by atoms with Crippen LogP contribution in [0.1, 0.15) is 150 Å². The Morgan fingerprint density at radius 3 is 1.31 bits per heavy atom. The second-order valence-corrected chi connectivity index (χ2v) is 11.5. The zero-order valence-corrected chi connectivity index (χ0v) is 23.9. The van der Waals surface area contributed by atoms with E-state index in [9.17, 15) is 9.90 Å². The van der Waals surface area contributed by atoms with Gasteiger partial charge in [0.2, 0.25) is 0 Å². The van der Waals surface area contributed by atoms with Crippen LogP contribution in [-0.2, 0) is 4.74 Å². The number of unbranched alkanes of at least 4 members (excludes halogenated alkanes) is 13. The molecule has 5 heteroatoms. The first-order valence-electron chi connectivity index (χ1n) is 15.1. The minimum atomic E-state index is -1.01. The van der Waals surface area contributed by atoms with E-state index in [2.05, 4.69) is 33.0 Å². The minimum absolute atomic E-state index is 0.135. The number of alkyl carbamates (subject to hydrolysis) is 1. The van der Waals surface area contributed by atoms with Crippen LogP contribution in [0.3, 0.4) is 0 Å². The van der Waals surface area contributed by atoms with Crippen molar-refractivity contribution in [2.45, 2.75) is 162 Å². The van der Waals surface area contributed by atoms with Crippen molar-refractivity contribution in [1.82, 2.24) is 5.32 Å². The lowest BCUT2D eigenvalue weighted by Gasteiger charge is -2.19. The third-order valence-electron chi connectivity index (χ3n) is 6.86. The van der Waals surface area contributed by atoms with Crippen LogP contribution in [0.2, 0.25) is 0 Å². The van der Waals surface area contributed by atoms with Crippen LogP contribution < -0.4 is 5.32 Å². The number of nitrogens with one attached hydrogen (secondary N) is 1. The van der Waals surface area contributed by atoms with E-state index >= 15 is 0 Å². The molecule has 0 aromatic carbocycles. The van der Waals surface area contributed by atoms with Gasteiger partial charge in [-0.3, -0.25) is 0 Å². The zero-order valence-electron chi connectivity index (χ0n) is 23.9. The molecule has 0 saturated carbocycles. The van der Waals surface area contributed by atoms with Gasteiger partial charge in [-0.1, -0.05) is 137 Å². The number of carbonyl (C=O) groups excluding carboxylic acids is 1. The molecule has 0 spiro atoms. The summed E-state index contributed by atoms with van der Waals surface area (Å²) in [6.45, 7) is 8.64. The average molecular weight is 500 g/mol. The third-order valence-corrected chi connectivity index (χ3v) is 6.86. The molecule has 3 N–H and O–H groups in total. The Morgan fingerprint density at radius 2 is 0.971 bits per heavy atom. The molecule has 0 aromatic rings. The number of ether oxygens (including phenoxy) is 1. The SMILES string of the molecule is CC(C)CCCCCCCCCCC(CCCCCCCCCC(C)C)NC(=O)OCC(O)CO. The minimum Gasteiger partial charge on any atom is -0.447 e. The monoisotopic (exact) mass is 499 g/mol. The van der Waals surface area contributed by atoms with Crippen LogP contribution >= 0.6 is 0 Å². The fourth-order valence-corrected chi connectivity index (χ4v) is 4.55. The summed E-state index contributed by atoms with van der Waals surface area (Å²) in [7, 11) is 0. The first kappa shape index (κ1) is 34.2. The maximum atomic E-state index is 12.1. The Morgan fingerprint density at radius 1 is 0.629 bits per heavy atom. The number of hydrogen-bond donors (Lipinski definition) is 3. The van der Waals surface area contributed by atoms with Crippen LogP contribution in [0.5, 0.6) is 0 Å². The molecule has 0 bridgehead atoms. The fraction of sp³-hybridized carbons (Fsp3) is 0.967. The third kappa shape index (κ3) is 26.1. The molecule has 0 heterocycles. The van der Waals surface area contributed by atoms with Crippen LogP contribution in [0.15, 0.2) is 0 Å². The molecule has 0 radical (unpaired) electrons. The molecule has 2 atom stereocenters. The molecule has 0 saturated heterocycles. The highest BCUT2D eigenvalue weighted by Gasteiger charge is 2.14. The molecule has 0 aliphatic rings. The quantitative estimate of drug-likeness (QED) is 0.111. The molecular formula is C30H61NO4.